The molecule has 6 aromatic carbocycles. The highest BCUT2D eigenvalue weighted by molar-refractivity contribution is 6.69. The number of furan rings is 1. The molecule has 0 aliphatic rings. The van der Waals surface area contributed by atoms with Crippen LogP contribution in [0.15, 0.2) is 77.2 Å². The lowest BCUT2D eigenvalue weighted by molar-refractivity contribution is 0.426. The van der Waals surface area contributed by atoms with E-state index in [4.69, 9.17) is 59.3 Å². The Kier molecular flexibility index (Phi) is 6.53. The number of hydrogen-bond donors (Lipinski definition) is 2. The SMILES string of the molecule is [B]c1c([B])c([B])c2c(oc3c([B])c([B])c([B])c(-c4c5ccccc5c(-c5cccc(B(O)O)c5)c5ccccc45)c32)c1[B]. The van der Waals surface area contributed by atoms with E-state index < -0.39 is 7.12 Å². The molecule has 0 atom stereocenters. The Hall–Kier alpha value is -3.92. The molecule has 0 fully saturated rings. The first-order valence-corrected chi connectivity index (χ1v) is 13.5. The summed E-state index contributed by atoms with van der Waals surface area (Å²) in [5.74, 6) is 0. The second-order valence-electron chi connectivity index (χ2n) is 10.6. The second-order valence-corrected chi connectivity index (χ2v) is 10.6. The summed E-state index contributed by atoms with van der Waals surface area (Å²) in [6, 6.07) is 22.9. The molecule has 43 heavy (non-hydrogen) atoms. The molecule has 2 N–H and O–H groups in total. The summed E-state index contributed by atoms with van der Waals surface area (Å²) in [7, 11) is 43.7. The van der Waals surface area contributed by atoms with E-state index in [1.165, 1.54) is 0 Å². The van der Waals surface area contributed by atoms with Crippen LogP contribution in [0.25, 0.3) is 65.7 Å². The van der Waals surface area contributed by atoms with Gasteiger partial charge in [0, 0.05) is 10.8 Å². The van der Waals surface area contributed by atoms with Crippen LogP contribution < -0.4 is 43.7 Å². The maximum atomic E-state index is 9.91. The largest absolute Gasteiger partial charge is 0.488 e. The van der Waals surface area contributed by atoms with E-state index in [-0.39, 0.29) is 49.4 Å². The van der Waals surface area contributed by atoms with Crippen molar-refractivity contribution in [1.29, 1.82) is 0 Å². The molecule has 11 heteroatoms. The Bertz CT molecular complexity index is 2250. The van der Waals surface area contributed by atoms with E-state index in [9.17, 15) is 10.0 Å². The Morgan fingerprint density at radius 2 is 0.953 bits per heavy atom. The van der Waals surface area contributed by atoms with E-state index in [1.807, 2.05) is 54.6 Å². The molecule has 184 valence electrons. The zero-order valence-electron chi connectivity index (χ0n) is 22.8. The zero-order valence-corrected chi connectivity index (χ0v) is 22.8. The third-order valence-electron chi connectivity index (χ3n) is 8.29. The molecule has 0 amide bonds. The first-order chi connectivity index (χ1) is 20.6. The van der Waals surface area contributed by atoms with Gasteiger partial charge in [-0.25, -0.2) is 0 Å². The van der Waals surface area contributed by atoms with Crippen molar-refractivity contribution in [2.45, 2.75) is 0 Å². The lowest BCUT2D eigenvalue weighted by Crippen LogP contribution is -2.47. The first-order valence-electron chi connectivity index (χ1n) is 13.5. The summed E-state index contributed by atoms with van der Waals surface area (Å²) in [5.41, 5.74) is 5.06. The van der Waals surface area contributed by atoms with Crippen molar-refractivity contribution >= 4 is 149 Å². The van der Waals surface area contributed by atoms with E-state index in [0.717, 1.165) is 38.2 Å². The van der Waals surface area contributed by atoms with E-state index in [2.05, 4.69) is 0 Å². The second kappa shape index (κ2) is 10.1. The van der Waals surface area contributed by atoms with Gasteiger partial charge in [0.15, 0.2) is 0 Å². The van der Waals surface area contributed by atoms with Gasteiger partial charge in [-0.15, -0.1) is 16.4 Å². The Morgan fingerprint density at radius 1 is 0.465 bits per heavy atom. The summed E-state index contributed by atoms with van der Waals surface area (Å²) in [6.07, 6.45) is 0. The average Bonchev–Trinajstić information content (AvgIpc) is 3.42. The number of fused-ring (bicyclic) bond motifs is 5. The first kappa shape index (κ1) is 27.9. The Morgan fingerprint density at radius 3 is 1.51 bits per heavy atom. The number of rotatable bonds is 3. The van der Waals surface area contributed by atoms with Crippen molar-refractivity contribution in [2.24, 2.45) is 0 Å². The molecular weight excluding hydrogens is 519 g/mol. The topological polar surface area (TPSA) is 53.6 Å². The highest BCUT2D eigenvalue weighted by atomic mass is 16.4. The van der Waals surface area contributed by atoms with Gasteiger partial charge in [-0.05, 0) is 49.3 Å². The van der Waals surface area contributed by atoms with Gasteiger partial charge in [-0.2, -0.15) is 0 Å². The maximum absolute atomic E-state index is 9.91. The summed E-state index contributed by atoms with van der Waals surface area (Å²) in [6.45, 7) is 0. The van der Waals surface area contributed by atoms with Crippen LogP contribution in [0.1, 0.15) is 0 Å². The van der Waals surface area contributed by atoms with Gasteiger partial charge in [0.2, 0.25) is 0 Å². The van der Waals surface area contributed by atoms with Gasteiger partial charge in [0.25, 0.3) is 0 Å². The van der Waals surface area contributed by atoms with Crippen molar-refractivity contribution in [2.75, 3.05) is 0 Å². The summed E-state index contributed by atoms with van der Waals surface area (Å²) >= 11 is 0. The predicted molar refractivity (Wildman–Crippen MR) is 187 cm³/mol. The van der Waals surface area contributed by atoms with Gasteiger partial charge < -0.3 is 14.5 Å². The van der Waals surface area contributed by atoms with Gasteiger partial charge in [-0.3, -0.25) is 0 Å². The van der Waals surface area contributed by atoms with Crippen molar-refractivity contribution in [3.05, 3.63) is 72.8 Å². The summed E-state index contributed by atoms with van der Waals surface area (Å²) < 4.78 is 6.23. The maximum Gasteiger partial charge on any atom is 0.488 e. The van der Waals surface area contributed by atoms with Crippen molar-refractivity contribution < 1.29 is 14.5 Å². The highest BCUT2D eigenvalue weighted by Crippen LogP contribution is 2.45. The quantitative estimate of drug-likeness (QED) is 0.214. The minimum Gasteiger partial charge on any atom is -0.457 e. The lowest BCUT2D eigenvalue weighted by Gasteiger charge is -2.22. The van der Waals surface area contributed by atoms with E-state index in [0.29, 0.717) is 21.8 Å². The number of benzene rings is 6. The van der Waals surface area contributed by atoms with E-state index in [1.54, 1.807) is 18.2 Å². The average molecular weight is 533 g/mol. The molecule has 0 saturated carbocycles. The van der Waals surface area contributed by atoms with Crippen molar-refractivity contribution in [3.63, 3.8) is 0 Å². The van der Waals surface area contributed by atoms with Crippen molar-refractivity contribution in [1.82, 2.24) is 0 Å². The zero-order chi connectivity index (χ0) is 30.3. The van der Waals surface area contributed by atoms with Gasteiger partial charge >= 0.3 is 7.12 Å². The standard InChI is InChI=1S/C32H14B8O3/c33-24-21(22-23-25(34)26(35)28(37)30(39)32(23)43-31(22)29(38)27(24)36)20-17-10-3-1-8-15(17)19(16-9-2-4-11-18(16)20)13-6-5-7-14(12-13)40(41)42/h1-12,41-42H. The monoisotopic (exact) mass is 534 g/mol. The molecule has 0 spiro atoms. The molecule has 7 aromatic rings. The molecule has 7 rings (SSSR count). The normalized spacial score (nSPS) is 11.7. The molecular formula is C32H14B8O3. The van der Waals surface area contributed by atoms with Crippen LogP contribution in [0.4, 0.5) is 0 Å². The molecule has 1 aromatic heterocycles. The molecule has 0 unspecified atom stereocenters. The third-order valence-corrected chi connectivity index (χ3v) is 8.29. The highest BCUT2D eigenvalue weighted by Gasteiger charge is 2.26. The molecule has 0 saturated heterocycles. The minimum absolute atomic E-state index is 0.112. The molecule has 1 heterocycles. The van der Waals surface area contributed by atoms with Crippen LogP contribution >= 0.6 is 0 Å². The minimum atomic E-state index is -1.61. The molecule has 14 radical (unpaired) electrons. The molecule has 0 aliphatic heterocycles. The Balaban J connectivity index is 1.74. The lowest BCUT2D eigenvalue weighted by atomic mass is 9.64. The fourth-order valence-corrected chi connectivity index (χ4v) is 6.21. The molecule has 0 bridgehead atoms. The predicted octanol–water partition coefficient (Wildman–Crippen LogP) is -1.54. The van der Waals surface area contributed by atoms with Gasteiger partial charge in [0.1, 0.15) is 66.1 Å². The molecule has 0 aliphatic carbocycles. The summed E-state index contributed by atoms with van der Waals surface area (Å²) in [4.78, 5) is 0. The van der Waals surface area contributed by atoms with Crippen LogP contribution in [0.3, 0.4) is 0 Å². The van der Waals surface area contributed by atoms with Crippen LogP contribution in [-0.4, -0.2) is 72.1 Å². The van der Waals surface area contributed by atoms with Crippen molar-refractivity contribution in [3.8, 4) is 22.3 Å². The van der Waals surface area contributed by atoms with Gasteiger partial charge in [0.05, 0.1) is 0 Å². The van der Waals surface area contributed by atoms with Crippen LogP contribution in [-0.2, 0) is 0 Å². The van der Waals surface area contributed by atoms with Gasteiger partial charge in [-0.1, -0.05) is 94.6 Å². The third kappa shape index (κ3) is 3.95. The van der Waals surface area contributed by atoms with E-state index >= 15 is 0 Å². The number of hydrogen-bond acceptors (Lipinski definition) is 3. The van der Waals surface area contributed by atoms with Crippen LogP contribution in [0.2, 0.25) is 0 Å². The van der Waals surface area contributed by atoms with Crippen LogP contribution in [0.5, 0.6) is 0 Å². The Labute approximate surface area is 258 Å². The molecule has 3 nitrogen and oxygen atoms in total. The van der Waals surface area contributed by atoms with Crippen LogP contribution in [0, 0.1) is 0 Å². The summed E-state index contributed by atoms with van der Waals surface area (Å²) in [5, 5.41) is 24.3. The fourth-order valence-electron chi connectivity index (χ4n) is 6.21. The smallest absolute Gasteiger partial charge is 0.457 e. The fraction of sp³-hybridized carbons (Fsp3) is 0.